The van der Waals surface area contributed by atoms with Crippen LogP contribution < -0.4 is 4.90 Å². The number of anilines is 1. The lowest BCUT2D eigenvalue weighted by atomic mass is 10.0. The Hall–Kier alpha value is -2.10. The molecule has 0 unspecified atom stereocenters. The zero-order chi connectivity index (χ0) is 16.7. The van der Waals surface area contributed by atoms with E-state index >= 15 is 0 Å². The lowest BCUT2D eigenvalue weighted by Crippen LogP contribution is -2.36. The minimum absolute atomic E-state index is 0.133. The Kier molecular flexibility index (Phi) is 3.91. The molecule has 0 saturated heterocycles. The molecule has 2 heterocycles. The molecule has 0 fully saturated rings. The number of benzene rings is 2. The van der Waals surface area contributed by atoms with Crippen molar-refractivity contribution in [2.75, 3.05) is 11.4 Å². The van der Waals surface area contributed by atoms with Gasteiger partial charge in [0.05, 0.1) is 0 Å². The van der Waals surface area contributed by atoms with Gasteiger partial charge in [-0.25, -0.2) is 4.98 Å². The summed E-state index contributed by atoms with van der Waals surface area (Å²) >= 11 is 12.3. The minimum Gasteiger partial charge on any atom is -0.307 e. The van der Waals surface area contributed by atoms with Gasteiger partial charge in [0, 0.05) is 22.6 Å². The Morgan fingerprint density at radius 3 is 2.79 bits per heavy atom. The first-order valence-electron chi connectivity index (χ1n) is 7.79. The number of nitrogens with zero attached hydrogens (tertiary/aromatic N) is 2. The van der Waals surface area contributed by atoms with Gasteiger partial charge in [-0.15, -0.1) is 0 Å². The first-order valence-corrected chi connectivity index (χ1v) is 8.54. The third-order valence-corrected chi connectivity index (χ3v) is 4.84. The van der Waals surface area contributed by atoms with Crippen molar-refractivity contribution < 1.29 is 4.79 Å². The highest BCUT2D eigenvalue weighted by molar-refractivity contribution is 6.34. The summed E-state index contributed by atoms with van der Waals surface area (Å²) in [6.07, 6.45) is 1.83. The maximum Gasteiger partial charge on any atom is 0.276 e. The first kappa shape index (κ1) is 15.4. The van der Waals surface area contributed by atoms with Gasteiger partial charge in [-0.3, -0.25) is 4.79 Å². The van der Waals surface area contributed by atoms with Crippen molar-refractivity contribution in [3.8, 4) is 0 Å². The Morgan fingerprint density at radius 2 is 1.92 bits per heavy atom. The molecule has 0 N–H and O–H groups in total. The van der Waals surface area contributed by atoms with Gasteiger partial charge in [0.2, 0.25) is 0 Å². The summed E-state index contributed by atoms with van der Waals surface area (Å²) in [5, 5.41) is 2.80. The standard InChI is InChI=1S/C19H14Cl2N2O/c20-14-7-8-17-13(10-14)5-3-9-23(17)19(24)16-11-12-4-1-2-6-15(12)18(21)22-16/h1-2,4,6-8,10-11H,3,5,9H2. The monoisotopic (exact) mass is 356 g/mol. The van der Waals surface area contributed by atoms with Gasteiger partial charge >= 0.3 is 0 Å². The average Bonchev–Trinajstić information content (AvgIpc) is 2.60. The quantitative estimate of drug-likeness (QED) is 0.566. The molecule has 0 spiro atoms. The SMILES string of the molecule is O=C(c1cc2ccccc2c(Cl)n1)N1CCCc2cc(Cl)ccc21. The van der Waals surface area contributed by atoms with E-state index in [1.165, 1.54) is 0 Å². The Labute approximate surface area is 149 Å². The number of hydrogen-bond acceptors (Lipinski definition) is 2. The molecule has 4 rings (SSSR count). The minimum atomic E-state index is -0.133. The van der Waals surface area contributed by atoms with Gasteiger partial charge in [-0.05, 0) is 48.1 Å². The largest absolute Gasteiger partial charge is 0.307 e. The van der Waals surface area contributed by atoms with Gasteiger partial charge in [0.1, 0.15) is 10.8 Å². The Balaban J connectivity index is 1.78. The Morgan fingerprint density at radius 1 is 1.08 bits per heavy atom. The number of fused-ring (bicyclic) bond motifs is 2. The van der Waals surface area contributed by atoms with E-state index in [1.807, 2.05) is 42.5 Å². The maximum absolute atomic E-state index is 13.0. The molecule has 0 aliphatic carbocycles. The van der Waals surface area contributed by atoms with Crippen LogP contribution >= 0.6 is 23.2 Å². The molecule has 24 heavy (non-hydrogen) atoms. The second kappa shape index (κ2) is 6.08. The van der Waals surface area contributed by atoms with Crippen LogP contribution in [0.15, 0.2) is 48.5 Å². The summed E-state index contributed by atoms with van der Waals surface area (Å²) in [5.41, 5.74) is 2.36. The third kappa shape index (κ3) is 2.64. The van der Waals surface area contributed by atoms with E-state index in [-0.39, 0.29) is 5.91 Å². The number of halogens is 2. The molecule has 1 aliphatic heterocycles. The molecule has 120 valence electrons. The number of pyridine rings is 1. The van der Waals surface area contributed by atoms with Crippen molar-refractivity contribution in [2.24, 2.45) is 0 Å². The number of aromatic nitrogens is 1. The van der Waals surface area contributed by atoms with E-state index in [4.69, 9.17) is 23.2 Å². The van der Waals surface area contributed by atoms with E-state index in [0.717, 1.165) is 34.9 Å². The summed E-state index contributed by atoms with van der Waals surface area (Å²) in [6, 6.07) is 15.1. The third-order valence-electron chi connectivity index (χ3n) is 4.32. The summed E-state index contributed by atoms with van der Waals surface area (Å²) in [6.45, 7) is 0.666. The van der Waals surface area contributed by atoms with E-state index in [9.17, 15) is 4.79 Å². The van der Waals surface area contributed by atoms with E-state index in [0.29, 0.717) is 22.4 Å². The lowest BCUT2D eigenvalue weighted by Gasteiger charge is -2.29. The van der Waals surface area contributed by atoms with E-state index in [1.54, 1.807) is 11.0 Å². The molecule has 3 nitrogen and oxygen atoms in total. The number of carbonyl (C=O) groups excluding carboxylic acids is 1. The van der Waals surface area contributed by atoms with Crippen LogP contribution in [-0.4, -0.2) is 17.4 Å². The lowest BCUT2D eigenvalue weighted by molar-refractivity contribution is 0.0980. The van der Waals surface area contributed by atoms with E-state index < -0.39 is 0 Å². The molecule has 3 aromatic rings. The number of hydrogen-bond donors (Lipinski definition) is 0. The van der Waals surface area contributed by atoms with Crippen molar-refractivity contribution in [3.05, 3.63) is 70.0 Å². The van der Waals surface area contributed by atoms with Crippen LogP contribution in [0.5, 0.6) is 0 Å². The van der Waals surface area contributed by atoms with Crippen molar-refractivity contribution >= 4 is 45.6 Å². The van der Waals surface area contributed by atoms with Gasteiger partial charge in [0.15, 0.2) is 0 Å². The molecule has 0 saturated carbocycles. The molecule has 1 aromatic heterocycles. The first-order chi connectivity index (χ1) is 11.6. The molecule has 5 heteroatoms. The van der Waals surface area contributed by atoms with Crippen molar-refractivity contribution in [2.45, 2.75) is 12.8 Å². The fourth-order valence-corrected chi connectivity index (χ4v) is 3.64. The average molecular weight is 357 g/mol. The topological polar surface area (TPSA) is 33.2 Å². The fraction of sp³-hybridized carbons (Fsp3) is 0.158. The normalized spacial score (nSPS) is 13.8. The zero-order valence-corrected chi connectivity index (χ0v) is 14.3. The van der Waals surface area contributed by atoms with Crippen LogP contribution in [0.4, 0.5) is 5.69 Å². The molecule has 0 bridgehead atoms. The number of amides is 1. The molecular formula is C19H14Cl2N2O. The molecule has 0 radical (unpaired) electrons. The van der Waals surface area contributed by atoms with Crippen LogP contribution in [0.3, 0.4) is 0 Å². The summed E-state index contributed by atoms with van der Waals surface area (Å²) in [5.74, 6) is -0.133. The van der Waals surface area contributed by atoms with Crippen molar-refractivity contribution in [3.63, 3.8) is 0 Å². The van der Waals surface area contributed by atoms with Gasteiger partial charge in [-0.2, -0.15) is 0 Å². The number of rotatable bonds is 1. The summed E-state index contributed by atoms with van der Waals surface area (Å²) < 4.78 is 0. The highest BCUT2D eigenvalue weighted by Gasteiger charge is 2.25. The summed E-state index contributed by atoms with van der Waals surface area (Å²) in [7, 11) is 0. The number of carbonyl (C=O) groups is 1. The van der Waals surface area contributed by atoms with Gasteiger partial charge in [-0.1, -0.05) is 47.5 Å². The predicted octanol–water partition coefficient (Wildman–Crippen LogP) is 5.13. The molecule has 1 aliphatic rings. The van der Waals surface area contributed by atoms with Crippen LogP contribution in [0, 0.1) is 0 Å². The second-order valence-electron chi connectivity index (χ2n) is 5.85. The van der Waals surface area contributed by atoms with Crippen LogP contribution in [0.2, 0.25) is 10.2 Å². The summed E-state index contributed by atoms with van der Waals surface area (Å²) in [4.78, 5) is 19.1. The molecule has 2 aromatic carbocycles. The molecular weight excluding hydrogens is 343 g/mol. The Bertz CT molecular complexity index is 955. The van der Waals surface area contributed by atoms with Gasteiger partial charge < -0.3 is 4.90 Å². The smallest absolute Gasteiger partial charge is 0.276 e. The number of aryl methyl sites for hydroxylation is 1. The molecule has 0 atom stereocenters. The highest BCUT2D eigenvalue weighted by Crippen LogP contribution is 2.31. The zero-order valence-electron chi connectivity index (χ0n) is 12.8. The van der Waals surface area contributed by atoms with Crippen molar-refractivity contribution in [1.82, 2.24) is 4.98 Å². The van der Waals surface area contributed by atoms with Crippen LogP contribution in [0.1, 0.15) is 22.5 Å². The maximum atomic E-state index is 13.0. The van der Waals surface area contributed by atoms with E-state index in [2.05, 4.69) is 4.98 Å². The highest BCUT2D eigenvalue weighted by atomic mass is 35.5. The fourth-order valence-electron chi connectivity index (χ4n) is 3.18. The van der Waals surface area contributed by atoms with Crippen LogP contribution in [0.25, 0.3) is 10.8 Å². The van der Waals surface area contributed by atoms with Crippen LogP contribution in [-0.2, 0) is 6.42 Å². The second-order valence-corrected chi connectivity index (χ2v) is 6.65. The van der Waals surface area contributed by atoms with Gasteiger partial charge in [0.25, 0.3) is 5.91 Å². The predicted molar refractivity (Wildman–Crippen MR) is 98.2 cm³/mol. The molecule has 1 amide bonds. The van der Waals surface area contributed by atoms with Crippen molar-refractivity contribution in [1.29, 1.82) is 0 Å².